The minimum absolute atomic E-state index is 0.180. The monoisotopic (exact) mass is 509 g/mol. The summed E-state index contributed by atoms with van der Waals surface area (Å²) < 4.78 is 10.6. The maximum Gasteiger partial charge on any atom is 0.271 e. The minimum atomic E-state index is -0.982. The molecular formula is C26H24ClN3O4S. The first-order valence-corrected chi connectivity index (χ1v) is 12.0. The number of hydrogen-bond donors (Lipinski definition) is 1. The van der Waals surface area contributed by atoms with Crippen LogP contribution in [0.5, 0.6) is 5.75 Å². The van der Waals surface area contributed by atoms with Crippen LogP contribution >= 0.6 is 22.9 Å². The number of nitrogens with zero attached hydrogens (tertiary/aromatic N) is 2. The van der Waals surface area contributed by atoms with Gasteiger partial charge in [-0.1, -0.05) is 41.9 Å². The average Bonchev–Trinajstić information content (AvgIpc) is 3.50. The van der Waals surface area contributed by atoms with Crippen molar-refractivity contribution in [1.82, 2.24) is 10.3 Å². The first kappa shape index (κ1) is 24.5. The van der Waals surface area contributed by atoms with Gasteiger partial charge in [0.15, 0.2) is 0 Å². The van der Waals surface area contributed by atoms with Crippen molar-refractivity contribution in [3.63, 3.8) is 0 Å². The van der Waals surface area contributed by atoms with E-state index in [1.807, 2.05) is 37.3 Å². The maximum atomic E-state index is 14.0. The van der Waals surface area contributed by atoms with Gasteiger partial charge in [0.05, 0.1) is 35.6 Å². The molecule has 0 fully saturated rings. The van der Waals surface area contributed by atoms with Crippen LogP contribution < -0.4 is 15.0 Å². The number of anilines is 1. The van der Waals surface area contributed by atoms with E-state index in [2.05, 4.69) is 10.3 Å². The van der Waals surface area contributed by atoms with Gasteiger partial charge in [-0.25, -0.2) is 4.98 Å². The molecule has 0 aliphatic rings. The van der Waals surface area contributed by atoms with Crippen LogP contribution in [0.2, 0.25) is 5.02 Å². The molecule has 35 heavy (non-hydrogen) atoms. The molecule has 0 aliphatic carbocycles. The number of aromatic nitrogens is 1. The molecule has 0 bridgehead atoms. The molecule has 1 unspecified atom stereocenters. The Morgan fingerprint density at radius 1 is 1.14 bits per heavy atom. The fraction of sp³-hybridized carbons (Fsp3) is 0.192. The Labute approximate surface area is 212 Å². The number of aryl methyl sites for hydroxylation is 2. The van der Waals surface area contributed by atoms with Gasteiger partial charge in [0.2, 0.25) is 5.91 Å². The molecule has 2 aromatic carbocycles. The van der Waals surface area contributed by atoms with Crippen molar-refractivity contribution >= 4 is 40.4 Å². The number of ether oxygens (including phenoxy) is 1. The summed E-state index contributed by atoms with van der Waals surface area (Å²) in [5, 5.41) is 3.98. The number of furan rings is 1. The minimum Gasteiger partial charge on any atom is -0.495 e. The first-order chi connectivity index (χ1) is 16.9. The van der Waals surface area contributed by atoms with Gasteiger partial charge in [0.1, 0.15) is 22.4 Å². The summed E-state index contributed by atoms with van der Waals surface area (Å²) in [5.41, 5.74) is 1.70. The molecule has 180 valence electrons. The topological polar surface area (TPSA) is 84.7 Å². The predicted octanol–water partition coefficient (Wildman–Crippen LogP) is 5.72. The van der Waals surface area contributed by atoms with E-state index in [1.54, 1.807) is 43.5 Å². The molecule has 9 heteroatoms. The van der Waals surface area contributed by atoms with Crippen molar-refractivity contribution in [2.45, 2.75) is 26.4 Å². The fourth-order valence-electron chi connectivity index (χ4n) is 3.76. The van der Waals surface area contributed by atoms with E-state index in [0.717, 1.165) is 5.01 Å². The van der Waals surface area contributed by atoms with Gasteiger partial charge in [-0.3, -0.25) is 14.5 Å². The second kappa shape index (κ2) is 10.8. The Balaban J connectivity index is 1.83. The normalized spacial score (nSPS) is 11.7. The molecule has 1 atom stereocenters. The van der Waals surface area contributed by atoms with Crippen LogP contribution in [0.3, 0.4) is 0 Å². The second-order valence-electron chi connectivity index (χ2n) is 7.75. The molecule has 0 spiro atoms. The standard InChI is InChI=1S/C26H24ClN3O4S/c1-16-24(35-17(2)29-16)26(32)30(19-11-12-22(33-3)21(27)14-19)23(18-8-5-4-6-9-18)25(31)28-15-20-10-7-13-34-20/h4-14,23H,15H2,1-3H3,(H,28,31). The number of benzene rings is 2. The molecular weight excluding hydrogens is 486 g/mol. The van der Waals surface area contributed by atoms with Crippen molar-refractivity contribution in [3.05, 3.63) is 98.9 Å². The molecule has 2 heterocycles. The number of hydrogen-bond acceptors (Lipinski definition) is 6. The number of halogens is 1. The zero-order valence-corrected chi connectivity index (χ0v) is 21.0. The lowest BCUT2D eigenvalue weighted by atomic mass is 10.0. The smallest absolute Gasteiger partial charge is 0.271 e. The number of carbonyl (C=O) groups is 2. The van der Waals surface area contributed by atoms with Crippen LogP contribution in [-0.4, -0.2) is 23.9 Å². The first-order valence-electron chi connectivity index (χ1n) is 10.8. The second-order valence-corrected chi connectivity index (χ2v) is 9.36. The summed E-state index contributed by atoms with van der Waals surface area (Å²) in [6.07, 6.45) is 1.54. The van der Waals surface area contributed by atoms with E-state index < -0.39 is 6.04 Å². The molecule has 2 aromatic heterocycles. The number of nitrogens with one attached hydrogen (secondary N) is 1. The molecule has 0 radical (unpaired) electrons. The van der Waals surface area contributed by atoms with E-state index in [-0.39, 0.29) is 18.4 Å². The third kappa shape index (κ3) is 5.39. The van der Waals surface area contributed by atoms with E-state index in [1.165, 1.54) is 23.3 Å². The van der Waals surface area contributed by atoms with Gasteiger partial charge in [-0.2, -0.15) is 0 Å². The summed E-state index contributed by atoms with van der Waals surface area (Å²) in [6, 6.07) is 16.7. The number of rotatable bonds is 8. The third-order valence-electron chi connectivity index (χ3n) is 5.37. The molecule has 4 aromatic rings. The van der Waals surface area contributed by atoms with Crippen LogP contribution in [0, 0.1) is 13.8 Å². The number of methoxy groups -OCH3 is 1. The SMILES string of the molecule is COc1ccc(N(C(=O)c2sc(C)nc2C)C(C(=O)NCc2ccco2)c2ccccc2)cc1Cl. The summed E-state index contributed by atoms with van der Waals surface area (Å²) in [4.78, 5) is 34.0. The van der Waals surface area contributed by atoms with E-state index in [9.17, 15) is 9.59 Å². The van der Waals surface area contributed by atoms with Crippen LogP contribution in [0.1, 0.15) is 37.7 Å². The highest BCUT2D eigenvalue weighted by molar-refractivity contribution is 7.13. The van der Waals surface area contributed by atoms with Gasteiger partial charge in [-0.05, 0) is 49.7 Å². The third-order valence-corrected chi connectivity index (χ3v) is 6.73. The highest BCUT2D eigenvalue weighted by atomic mass is 35.5. The van der Waals surface area contributed by atoms with Crippen molar-refractivity contribution in [2.75, 3.05) is 12.0 Å². The van der Waals surface area contributed by atoms with Crippen molar-refractivity contribution < 1.29 is 18.7 Å². The van der Waals surface area contributed by atoms with Gasteiger partial charge in [-0.15, -0.1) is 11.3 Å². The Kier molecular flexibility index (Phi) is 7.53. The molecule has 0 saturated heterocycles. The number of carbonyl (C=O) groups excluding carboxylic acids is 2. The maximum absolute atomic E-state index is 14.0. The lowest BCUT2D eigenvalue weighted by molar-refractivity contribution is -0.122. The fourth-order valence-corrected chi connectivity index (χ4v) is 4.87. The molecule has 4 rings (SSSR count). The van der Waals surface area contributed by atoms with Crippen LogP contribution in [-0.2, 0) is 11.3 Å². The molecule has 2 amide bonds. The van der Waals surface area contributed by atoms with Gasteiger partial charge >= 0.3 is 0 Å². The Hall–Kier alpha value is -3.62. The largest absolute Gasteiger partial charge is 0.495 e. The number of amides is 2. The highest BCUT2D eigenvalue weighted by Gasteiger charge is 2.35. The van der Waals surface area contributed by atoms with Crippen LogP contribution in [0.15, 0.2) is 71.3 Å². The Morgan fingerprint density at radius 2 is 1.91 bits per heavy atom. The van der Waals surface area contributed by atoms with E-state index >= 15 is 0 Å². The van der Waals surface area contributed by atoms with E-state index in [4.69, 9.17) is 20.8 Å². The Bertz CT molecular complexity index is 1320. The lowest BCUT2D eigenvalue weighted by Crippen LogP contribution is -2.44. The zero-order valence-electron chi connectivity index (χ0n) is 19.4. The van der Waals surface area contributed by atoms with Crippen LogP contribution in [0.4, 0.5) is 5.69 Å². The summed E-state index contributed by atoms with van der Waals surface area (Å²) >= 11 is 7.72. The van der Waals surface area contributed by atoms with Crippen LogP contribution in [0.25, 0.3) is 0 Å². The van der Waals surface area contributed by atoms with Crippen molar-refractivity contribution in [1.29, 1.82) is 0 Å². The van der Waals surface area contributed by atoms with Crippen molar-refractivity contribution in [2.24, 2.45) is 0 Å². The lowest BCUT2D eigenvalue weighted by Gasteiger charge is -2.31. The summed E-state index contributed by atoms with van der Waals surface area (Å²) in [7, 11) is 1.52. The Morgan fingerprint density at radius 3 is 2.51 bits per heavy atom. The quantitative estimate of drug-likeness (QED) is 0.328. The van der Waals surface area contributed by atoms with Crippen molar-refractivity contribution in [3.8, 4) is 5.75 Å². The summed E-state index contributed by atoms with van der Waals surface area (Å²) in [6.45, 7) is 3.80. The molecule has 0 aliphatic heterocycles. The molecule has 0 saturated carbocycles. The van der Waals surface area contributed by atoms with E-state index in [0.29, 0.717) is 38.4 Å². The van der Waals surface area contributed by atoms with Gasteiger partial charge < -0.3 is 14.5 Å². The average molecular weight is 510 g/mol. The predicted molar refractivity (Wildman–Crippen MR) is 136 cm³/mol. The highest BCUT2D eigenvalue weighted by Crippen LogP contribution is 2.36. The molecule has 1 N–H and O–H groups in total. The molecule has 7 nitrogen and oxygen atoms in total. The van der Waals surface area contributed by atoms with Gasteiger partial charge in [0, 0.05) is 5.69 Å². The number of thiazole rings is 1. The summed E-state index contributed by atoms with van der Waals surface area (Å²) in [5.74, 6) is 0.346. The van der Waals surface area contributed by atoms with Gasteiger partial charge in [0.25, 0.3) is 5.91 Å². The zero-order chi connectivity index (χ0) is 24.9.